The number of aromatic nitrogens is 3. The van der Waals surface area contributed by atoms with Crippen LogP contribution < -0.4 is 0 Å². The lowest BCUT2D eigenvalue weighted by atomic mass is 9.93. The quantitative estimate of drug-likeness (QED) is 0.642. The largest absolute Gasteiger partial charge is 0.338 e. The SMILES string of the molecule is Cc1nn(-c2ccccc2)nc1C(=O)N1CCC(C(=O)N2CCc3ccccc3C2)CC1. The molecule has 164 valence electrons. The molecule has 1 saturated heterocycles. The molecule has 0 unspecified atom stereocenters. The van der Waals surface area contributed by atoms with Crippen molar-refractivity contribution in [3.05, 3.63) is 77.1 Å². The van der Waals surface area contributed by atoms with Gasteiger partial charge in [0.1, 0.15) is 0 Å². The molecule has 1 aromatic heterocycles. The number of piperidine rings is 1. The Kier molecular flexibility index (Phi) is 5.47. The average molecular weight is 430 g/mol. The van der Waals surface area contributed by atoms with E-state index in [0.717, 1.165) is 18.7 Å². The summed E-state index contributed by atoms with van der Waals surface area (Å²) in [6.45, 7) is 4.41. The van der Waals surface area contributed by atoms with Crippen molar-refractivity contribution in [3.8, 4) is 5.69 Å². The number of carbonyl (C=O) groups is 2. The molecule has 0 N–H and O–H groups in total. The summed E-state index contributed by atoms with van der Waals surface area (Å²) in [5, 5.41) is 8.86. The molecule has 2 amide bonds. The lowest BCUT2D eigenvalue weighted by Gasteiger charge is -2.36. The Labute approximate surface area is 187 Å². The van der Waals surface area contributed by atoms with Crippen LogP contribution in [0.25, 0.3) is 5.69 Å². The summed E-state index contributed by atoms with van der Waals surface area (Å²) in [4.78, 5) is 31.5. The van der Waals surface area contributed by atoms with Gasteiger partial charge in [0, 0.05) is 32.1 Å². The van der Waals surface area contributed by atoms with E-state index < -0.39 is 0 Å². The van der Waals surface area contributed by atoms with Gasteiger partial charge in [0.05, 0.1) is 11.4 Å². The minimum Gasteiger partial charge on any atom is -0.338 e. The molecule has 0 radical (unpaired) electrons. The van der Waals surface area contributed by atoms with E-state index in [-0.39, 0.29) is 17.7 Å². The molecule has 2 aliphatic rings. The molecule has 5 rings (SSSR count). The molecule has 0 atom stereocenters. The Morgan fingerprint density at radius 3 is 2.28 bits per heavy atom. The van der Waals surface area contributed by atoms with Gasteiger partial charge < -0.3 is 9.80 Å². The monoisotopic (exact) mass is 429 g/mol. The Morgan fingerprint density at radius 2 is 1.53 bits per heavy atom. The number of likely N-dealkylation sites (tertiary alicyclic amines) is 1. The van der Waals surface area contributed by atoms with Crippen LogP contribution in [-0.4, -0.2) is 56.2 Å². The Balaban J connectivity index is 1.21. The molecule has 7 nitrogen and oxygen atoms in total. The van der Waals surface area contributed by atoms with Gasteiger partial charge in [-0.2, -0.15) is 9.90 Å². The van der Waals surface area contributed by atoms with Crippen LogP contribution in [0.5, 0.6) is 0 Å². The zero-order valence-electron chi connectivity index (χ0n) is 18.3. The lowest BCUT2D eigenvalue weighted by Crippen LogP contribution is -2.45. The first-order valence-corrected chi connectivity index (χ1v) is 11.2. The highest BCUT2D eigenvalue weighted by Crippen LogP contribution is 2.25. The molecule has 0 bridgehead atoms. The van der Waals surface area contributed by atoms with Gasteiger partial charge in [-0.3, -0.25) is 9.59 Å². The fourth-order valence-corrected chi connectivity index (χ4v) is 4.67. The number of carbonyl (C=O) groups excluding carboxylic acids is 2. The third-order valence-corrected chi connectivity index (χ3v) is 6.55. The summed E-state index contributed by atoms with van der Waals surface area (Å²) in [6.07, 6.45) is 2.29. The molecule has 1 fully saturated rings. The van der Waals surface area contributed by atoms with Gasteiger partial charge in [0.2, 0.25) is 5.91 Å². The van der Waals surface area contributed by atoms with Crippen LogP contribution in [0.15, 0.2) is 54.6 Å². The van der Waals surface area contributed by atoms with Crippen LogP contribution in [0.4, 0.5) is 0 Å². The zero-order valence-corrected chi connectivity index (χ0v) is 18.3. The molecule has 32 heavy (non-hydrogen) atoms. The van der Waals surface area contributed by atoms with E-state index in [9.17, 15) is 9.59 Å². The summed E-state index contributed by atoms with van der Waals surface area (Å²) in [5.74, 6) is 0.0886. The van der Waals surface area contributed by atoms with Crippen molar-refractivity contribution in [3.63, 3.8) is 0 Å². The smallest absolute Gasteiger partial charge is 0.276 e. The Morgan fingerprint density at radius 1 is 0.844 bits per heavy atom. The highest BCUT2D eigenvalue weighted by molar-refractivity contribution is 5.93. The minimum absolute atomic E-state index is 0.0228. The maximum Gasteiger partial charge on any atom is 0.276 e. The Bertz CT molecular complexity index is 1130. The van der Waals surface area contributed by atoms with Crippen LogP contribution in [0.1, 0.15) is 40.2 Å². The van der Waals surface area contributed by atoms with Crippen molar-refractivity contribution in [2.45, 2.75) is 32.7 Å². The van der Waals surface area contributed by atoms with E-state index in [2.05, 4.69) is 28.4 Å². The molecule has 2 aromatic carbocycles. The lowest BCUT2D eigenvalue weighted by molar-refractivity contribution is -0.137. The van der Waals surface area contributed by atoms with Gasteiger partial charge in [-0.05, 0) is 49.4 Å². The third kappa shape index (κ3) is 3.90. The number of amides is 2. The first kappa shape index (κ1) is 20.4. The van der Waals surface area contributed by atoms with E-state index in [1.165, 1.54) is 15.9 Å². The van der Waals surface area contributed by atoms with Gasteiger partial charge in [-0.25, -0.2) is 0 Å². The molecule has 3 heterocycles. The Hall–Kier alpha value is -3.48. The summed E-state index contributed by atoms with van der Waals surface area (Å²) < 4.78 is 0. The summed E-state index contributed by atoms with van der Waals surface area (Å²) in [7, 11) is 0. The normalized spacial score (nSPS) is 16.7. The van der Waals surface area contributed by atoms with Crippen LogP contribution in [0, 0.1) is 12.8 Å². The van der Waals surface area contributed by atoms with E-state index in [1.54, 1.807) is 0 Å². The number of aryl methyl sites for hydroxylation is 1. The highest BCUT2D eigenvalue weighted by atomic mass is 16.2. The summed E-state index contributed by atoms with van der Waals surface area (Å²) in [6, 6.07) is 17.9. The second-order valence-corrected chi connectivity index (χ2v) is 8.60. The van der Waals surface area contributed by atoms with Gasteiger partial charge in [-0.1, -0.05) is 42.5 Å². The summed E-state index contributed by atoms with van der Waals surface area (Å²) >= 11 is 0. The maximum atomic E-state index is 13.1. The molecule has 2 aliphatic heterocycles. The predicted octanol–water partition coefficient (Wildman–Crippen LogP) is 3.01. The molecule has 0 saturated carbocycles. The van der Waals surface area contributed by atoms with E-state index in [0.29, 0.717) is 43.9 Å². The maximum absolute atomic E-state index is 13.1. The van der Waals surface area contributed by atoms with Crippen molar-refractivity contribution >= 4 is 11.8 Å². The summed E-state index contributed by atoms with van der Waals surface area (Å²) in [5.41, 5.74) is 4.41. The van der Waals surface area contributed by atoms with Crippen molar-refractivity contribution in [2.24, 2.45) is 5.92 Å². The van der Waals surface area contributed by atoms with Crippen LogP contribution in [0.3, 0.4) is 0 Å². The number of benzene rings is 2. The third-order valence-electron chi connectivity index (χ3n) is 6.55. The second kappa shape index (κ2) is 8.57. The number of hydrogen-bond acceptors (Lipinski definition) is 4. The first-order chi connectivity index (χ1) is 15.6. The van der Waals surface area contributed by atoms with Gasteiger partial charge in [0.15, 0.2) is 5.69 Å². The first-order valence-electron chi connectivity index (χ1n) is 11.2. The molecular weight excluding hydrogens is 402 g/mol. The van der Waals surface area contributed by atoms with E-state index in [1.807, 2.05) is 53.1 Å². The topological polar surface area (TPSA) is 71.3 Å². The van der Waals surface area contributed by atoms with Gasteiger partial charge >= 0.3 is 0 Å². The van der Waals surface area contributed by atoms with Gasteiger partial charge in [0.25, 0.3) is 5.91 Å². The highest BCUT2D eigenvalue weighted by Gasteiger charge is 2.33. The molecule has 0 spiro atoms. The number of fused-ring (bicyclic) bond motifs is 1. The van der Waals surface area contributed by atoms with E-state index in [4.69, 9.17) is 0 Å². The zero-order chi connectivity index (χ0) is 22.1. The van der Waals surface area contributed by atoms with Crippen LogP contribution in [0.2, 0.25) is 0 Å². The van der Waals surface area contributed by atoms with Crippen LogP contribution >= 0.6 is 0 Å². The number of nitrogens with zero attached hydrogens (tertiary/aromatic N) is 5. The second-order valence-electron chi connectivity index (χ2n) is 8.60. The van der Waals surface area contributed by atoms with Gasteiger partial charge in [-0.15, -0.1) is 5.10 Å². The molecule has 3 aromatic rings. The van der Waals surface area contributed by atoms with E-state index >= 15 is 0 Å². The van der Waals surface area contributed by atoms with Crippen molar-refractivity contribution < 1.29 is 9.59 Å². The fourth-order valence-electron chi connectivity index (χ4n) is 4.67. The average Bonchev–Trinajstić information content (AvgIpc) is 3.25. The van der Waals surface area contributed by atoms with Crippen molar-refractivity contribution in [1.29, 1.82) is 0 Å². The minimum atomic E-state index is -0.109. The molecular formula is C25H27N5O2. The van der Waals surface area contributed by atoms with Crippen molar-refractivity contribution in [1.82, 2.24) is 24.8 Å². The molecule has 7 heteroatoms. The predicted molar refractivity (Wildman–Crippen MR) is 120 cm³/mol. The molecule has 0 aliphatic carbocycles. The standard InChI is InChI=1S/C25H27N5O2/c1-18-23(27-30(26-18)22-9-3-2-4-10-22)25(32)28-14-12-20(13-15-28)24(31)29-16-11-19-7-5-6-8-21(19)17-29/h2-10,20H,11-17H2,1H3. The number of para-hydroxylation sites is 1. The fraction of sp³-hybridized carbons (Fsp3) is 0.360. The van der Waals surface area contributed by atoms with Crippen molar-refractivity contribution in [2.75, 3.05) is 19.6 Å². The number of rotatable bonds is 3. The number of hydrogen-bond donors (Lipinski definition) is 0. The van der Waals surface area contributed by atoms with Crippen LogP contribution in [-0.2, 0) is 17.8 Å².